The fourth-order valence-electron chi connectivity index (χ4n) is 3.34. The number of anilines is 1. The average molecular weight is 512 g/mol. The predicted molar refractivity (Wildman–Crippen MR) is 140 cm³/mol. The molecular weight excluding hydrogens is 489 g/mol. The number of hydrogen-bond acceptors (Lipinski definition) is 5. The molecule has 0 fully saturated rings. The molecule has 0 aliphatic heterocycles. The minimum absolute atomic E-state index is 0.275. The largest absolute Gasteiger partial charge is 0.489 e. The highest BCUT2D eigenvalue weighted by molar-refractivity contribution is 7.19. The molecule has 4 aromatic rings. The van der Waals surface area contributed by atoms with E-state index in [1.807, 2.05) is 60.7 Å². The topological polar surface area (TPSA) is 47.6 Å². The van der Waals surface area contributed by atoms with Crippen LogP contribution in [0.5, 0.6) is 5.75 Å². The molecule has 0 radical (unpaired) electrons. The van der Waals surface area contributed by atoms with Crippen molar-refractivity contribution in [2.45, 2.75) is 20.1 Å². The van der Waals surface area contributed by atoms with Gasteiger partial charge in [0.25, 0.3) is 0 Å². The van der Waals surface area contributed by atoms with Gasteiger partial charge in [0.05, 0.1) is 12.2 Å². The summed E-state index contributed by atoms with van der Waals surface area (Å²) in [7, 11) is 0. The second-order valence-electron chi connectivity index (χ2n) is 7.43. The maximum Gasteiger partial charge on any atom is 0.341 e. The molecule has 4 rings (SSSR count). The molecule has 0 spiro atoms. The van der Waals surface area contributed by atoms with Gasteiger partial charge in [-0.25, -0.2) is 4.79 Å². The Morgan fingerprint density at radius 3 is 2.32 bits per heavy atom. The summed E-state index contributed by atoms with van der Waals surface area (Å²) in [5, 5.41) is 5.32. The third kappa shape index (κ3) is 5.92. The van der Waals surface area contributed by atoms with Gasteiger partial charge in [-0.1, -0.05) is 59.6 Å². The molecule has 1 heterocycles. The lowest BCUT2D eigenvalue weighted by molar-refractivity contribution is 0.0528. The highest BCUT2D eigenvalue weighted by Gasteiger charge is 2.18. The van der Waals surface area contributed by atoms with E-state index in [9.17, 15) is 4.79 Å². The van der Waals surface area contributed by atoms with Crippen molar-refractivity contribution in [3.63, 3.8) is 0 Å². The zero-order valence-corrected chi connectivity index (χ0v) is 20.8. The fraction of sp³-hybridized carbons (Fsp3) is 0.148. The lowest BCUT2D eigenvalue weighted by Gasteiger charge is -2.10. The summed E-state index contributed by atoms with van der Waals surface area (Å²) in [6.45, 7) is 3.02. The molecule has 3 aromatic carbocycles. The Kier molecular flexibility index (Phi) is 8.12. The van der Waals surface area contributed by atoms with E-state index in [4.69, 9.17) is 32.7 Å². The minimum Gasteiger partial charge on any atom is -0.489 e. The standard InChI is InChI=1S/C27H23Cl2NO3S/c1-2-32-27(31)21-15-25(34-26(21)30-16-18-7-4-3-5-8-18)19-11-13-20(14-12-19)33-17-22-23(28)9-6-10-24(22)29/h3-15,30H,2,16-17H2,1H3. The van der Waals surface area contributed by atoms with Crippen LogP contribution in [0.3, 0.4) is 0 Å². The van der Waals surface area contributed by atoms with Gasteiger partial charge in [0.2, 0.25) is 0 Å². The molecule has 174 valence electrons. The Bertz CT molecular complexity index is 1240. The number of esters is 1. The van der Waals surface area contributed by atoms with Crippen LogP contribution in [0.15, 0.2) is 78.9 Å². The van der Waals surface area contributed by atoms with Crippen molar-refractivity contribution in [1.29, 1.82) is 0 Å². The number of carbonyl (C=O) groups excluding carboxylic acids is 1. The van der Waals surface area contributed by atoms with E-state index in [1.54, 1.807) is 25.1 Å². The van der Waals surface area contributed by atoms with Crippen molar-refractivity contribution < 1.29 is 14.3 Å². The van der Waals surface area contributed by atoms with Crippen LogP contribution in [0.4, 0.5) is 5.00 Å². The summed E-state index contributed by atoms with van der Waals surface area (Å²) in [5.41, 5.74) is 3.40. The monoisotopic (exact) mass is 511 g/mol. The number of carbonyl (C=O) groups is 1. The van der Waals surface area contributed by atoms with E-state index in [2.05, 4.69) is 5.32 Å². The van der Waals surface area contributed by atoms with Crippen molar-refractivity contribution in [3.8, 4) is 16.2 Å². The van der Waals surface area contributed by atoms with Gasteiger partial charge in [-0.05, 0) is 60.5 Å². The third-order valence-corrected chi connectivity index (χ3v) is 6.96. The second kappa shape index (κ2) is 11.4. The molecular formula is C27H23Cl2NO3S. The lowest BCUT2D eigenvalue weighted by Crippen LogP contribution is -2.07. The molecule has 7 heteroatoms. The van der Waals surface area contributed by atoms with Gasteiger partial charge in [-0.15, -0.1) is 11.3 Å². The minimum atomic E-state index is -0.336. The van der Waals surface area contributed by atoms with Crippen LogP contribution in [-0.2, 0) is 17.9 Å². The van der Waals surface area contributed by atoms with Gasteiger partial charge in [-0.2, -0.15) is 0 Å². The summed E-state index contributed by atoms with van der Waals surface area (Å²) in [6.07, 6.45) is 0. The highest BCUT2D eigenvalue weighted by atomic mass is 35.5. The second-order valence-corrected chi connectivity index (χ2v) is 9.29. The van der Waals surface area contributed by atoms with Gasteiger partial charge >= 0.3 is 5.97 Å². The van der Waals surface area contributed by atoms with E-state index in [-0.39, 0.29) is 12.6 Å². The SMILES string of the molecule is CCOC(=O)c1cc(-c2ccc(OCc3c(Cl)cccc3Cl)cc2)sc1NCc1ccccc1. The van der Waals surface area contributed by atoms with Gasteiger partial charge < -0.3 is 14.8 Å². The first-order valence-corrected chi connectivity index (χ1v) is 12.4. The van der Waals surface area contributed by atoms with Crippen LogP contribution in [0, 0.1) is 0 Å². The summed E-state index contributed by atoms with van der Waals surface area (Å²) < 4.78 is 11.1. The van der Waals surface area contributed by atoms with Gasteiger partial charge in [0.1, 0.15) is 17.4 Å². The van der Waals surface area contributed by atoms with Crippen LogP contribution >= 0.6 is 34.5 Å². The number of nitrogens with one attached hydrogen (secondary N) is 1. The molecule has 1 N–H and O–H groups in total. The van der Waals surface area contributed by atoms with E-state index >= 15 is 0 Å². The van der Waals surface area contributed by atoms with Crippen LogP contribution in [0.2, 0.25) is 10.0 Å². The number of hydrogen-bond donors (Lipinski definition) is 1. The maximum atomic E-state index is 12.6. The van der Waals surface area contributed by atoms with Crippen LogP contribution in [-0.4, -0.2) is 12.6 Å². The summed E-state index contributed by atoms with van der Waals surface area (Å²) >= 11 is 14.0. The zero-order chi connectivity index (χ0) is 23.9. The first-order valence-electron chi connectivity index (χ1n) is 10.8. The van der Waals surface area contributed by atoms with Crippen molar-refractivity contribution in [3.05, 3.63) is 106 Å². The number of halogens is 2. The molecule has 4 nitrogen and oxygen atoms in total. The zero-order valence-electron chi connectivity index (χ0n) is 18.5. The number of rotatable bonds is 9. The van der Waals surface area contributed by atoms with E-state index in [0.29, 0.717) is 34.5 Å². The van der Waals surface area contributed by atoms with Crippen molar-refractivity contribution in [1.82, 2.24) is 0 Å². The highest BCUT2D eigenvalue weighted by Crippen LogP contribution is 2.37. The summed E-state index contributed by atoms with van der Waals surface area (Å²) in [4.78, 5) is 13.5. The van der Waals surface area contributed by atoms with Gasteiger partial charge in [0, 0.05) is 27.0 Å². The van der Waals surface area contributed by atoms with Gasteiger partial charge in [-0.3, -0.25) is 0 Å². The molecule has 0 atom stereocenters. The Balaban J connectivity index is 1.50. The third-order valence-electron chi connectivity index (χ3n) is 5.11. The van der Waals surface area contributed by atoms with Crippen molar-refractivity contribution in [2.75, 3.05) is 11.9 Å². The number of ether oxygens (including phenoxy) is 2. The summed E-state index contributed by atoms with van der Waals surface area (Å²) in [6, 6.07) is 25.0. The van der Waals surface area contributed by atoms with E-state index in [0.717, 1.165) is 26.6 Å². The Hall–Kier alpha value is -2.99. The van der Waals surface area contributed by atoms with E-state index in [1.165, 1.54) is 11.3 Å². The molecule has 0 bridgehead atoms. The van der Waals surface area contributed by atoms with Crippen molar-refractivity contribution in [2.24, 2.45) is 0 Å². The average Bonchev–Trinajstić information content (AvgIpc) is 3.28. The van der Waals surface area contributed by atoms with Crippen LogP contribution in [0.1, 0.15) is 28.4 Å². The van der Waals surface area contributed by atoms with Crippen LogP contribution < -0.4 is 10.1 Å². The first kappa shape index (κ1) is 24.1. The van der Waals surface area contributed by atoms with E-state index < -0.39 is 0 Å². The Labute approximate surface area is 213 Å². The predicted octanol–water partition coefficient (Wildman–Crippen LogP) is 8.09. The number of thiophene rings is 1. The summed E-state index contributed by atoms with van der Waals surface area (Å²) in [5.74, 6) is 0.362. The molecule has 34 heavy (non-hydrogen) atoms. The molecule has 0 amide bonds. The molecule has 0 aliphatic rings. The van der Waals surface area contributed by atoms with Crippen molar-refractivity contribution >= 4 is 45.5 Å². The smallest absolute Gasteiger partial charge is 0.341 e. The first-order chi connectivity index (χ1) is 16.5. The van der Waals surface area contributed by atoms with Crippen LogP contribution in [0.25, 0.3) is 10.4 Å². The maximum absolute atomic E-state index is 12.6. The molecule has 0 saturated heterocycles. The Morgan fingerprint density at radius 2 is 1.65 bits per heavy atom. The fourth-order valence-corrected chi connectivity index (χ4v) is 4.90. The normalized spacial score (nSPS) is 10.7. The Morgan fingerprint density at radius 1 is 0.941 bits per heavy atom. The molecule has 0 aliphatic carbocycles. The van der Waals surface area contributed by atoms with Gasteiger partial charge in [0.15, 0.2) is 0 Å². The quantitative estimate of drug-likeness (QED) is 0.230. The molecule has 0 unspecified atom stereocenters. The molecule has 0 saturated carbocycles. The number of benzene rings is 3. The molecule has 1 aromatic heterocycles. The lowest BCUT2D eigenvalue weighted by atomic mass is 10.1.